The minimum atomic E-state index is -0.0255. The van der Waals surface area contributed by atoms with Crippen LogP contribution in [0.15, 0.2) is 61.2 Å². The van der Waals surface area contributed by atoms with E-state index >= 15 is 0 Å². The number of amides is 1. The van der Waals surface area contributed by atoms with Crippen LogP contribution in [0, 0.1) is 6.92 Å². The molecule has 1 N–H and O–H groups in total. The second kappa shape index (κ2) is 7.93. The number of carbonyl (C=O) groups excluding carboxylic acids is 1. The quantitative estimate of drug-likeness (QED) is 0.742. The van der Waals surface area contributed by atoms with Crippen molar-refractivity contribution in [2.24, 2.45) is 0 Å². The molecule has 0 aliphatic carbocycles. The van der Waals surface area contributed by atoms with Crippen LogP contribution in [0.2, 0.25) is 0 Å². The van der Waals surface area contributed by atoms with Crippen LogP contribution in [0.3, 0.4) is 0 Å². The first kappa shape index (κ1) is 17.8. The molecule has 1 aromatic heterocycles. The van der Waals surface area contributed by atoms with E-state index in [2.05, 4.69) is 34.5 Å². The maximum Gasteiger partial charge on any atom is 0.238 e. The number of anilines is 1. The van der Waals surface area contributed by atoms with Crippen molar-refractivity contribution < 1.29 is 4.79 Å². The molecule has 3 aromatic rings. The first-order valence-electron chi connectivity index (χ1n) is 8.54. The SMILES string of the molecule is Cc1ccc(NC(=O)CN(C)C(C)c2ccc(-n3cncn3)cc2)cc1. The van der Waals surface area contributed by atoms with Crippen molar-refractivity contribution in [3.05, 3.63) is 72.3 Å². The van der Waals surface area contributed by atoms with Gasteiger partial charge in [-0.2, -0.15) is 5.10 Å². The van der Waals surface area contributed by atoms with Crippen molar-refractivity contribution >= 4 is 11.6 Å². The molecule has 0 spiro atoms. The Labute approximate surface area is 153 Å². The second-order valence-electron chi connectivity index (χ2n) is 6.44. The number of likely N-dealkylation sites (N-methyl/N-ethyl adjacent to an activating group) is 1. The first-order chi connectivity index (χ1) is 12.5. The molecule has 0 bridgehead atoms. The maximum atomic E-state index is 12.3. The van der Waals surface area contributed by atoms with Crippen LogP contribution in [0.1, 0.15) is 24.1 Å². The Morgan fingerprint density at radius 3 is 2.46 bits per heavy atom. The van der Waals surface area contributed by atoms with Crippen molar-refractivity contribution in [1.82, 2.24) is 19.7 Å². The highest BCUT2D eigenvalue weighted by molar-refractivity contribution is 5.92. The fourth-order valence-corrected chi connectivity index (χ4v) is 2.70. The number of aryl methyl sites for hydroxylation is 1. The van der Waals surface area contributed by atoms with Gasteiger partial charge in [0.05, 0.1) is 12.2 Å². The third-order valence-electron chi connectivity index (χ3n) is 4.45. The molecule has 0 saturated carbocycles. The number of nitrogens with zero attached hydrogens (tertiary/aromatic N) is 4. The zero-order valence-electron chi connectivity index (χ0n) is 15.3. The van der Waals surface area contributed by atoms with Gasteiger partial charge in [-0.25, -0.2) is 9.67 Å². The molecule has 0 radical (unpaired) electrons. The summed E-state index contributed by atoms with van der Waals surface area (Å²) in [5.74, 6) is -0.0255. The first-order valence-corrected chi connectivity index (χ1v) is 8.54. The minimum absolute atomic E-state index is 0.0255. The number of carbonyl (C=O) groups is 1. The van der Waals surface area contributed by atoms with Gasteiger partial charge in [0, 0.05) is 11.7 Å². The maximum absolute atomic E-state index is 12.3. The summed E-state index contributed by atoms with van der Waals surface area (Å²) in [4.78, 5) is 18.3. The average Bonchev–Trinajstić information content (AvgIpc) is 3.18. The van der Waals surface area contributed by atoms with E-state index in [4.69, 9.17) is 0 Å². The third kappa shape index (κ3) is 4.34. The molecular formula is C20H23N5O. The van der Waals surface area contributed by atoms with Gasteiger partial charge in [0.25, 0.3) is 0 Å². The second-order valence-corrected chi connectivity index (χ2v) is 6.44. The van der Waals surface area contributed by atoms with Gasteiger partial charge in [-0.3, -0.25) is 9.69 Å². The fraction of sp³-hybridized carbons (Fsp3) is 0.250. The number of hydrogen-bond donors (Lipinski definition) is 1. The molecule has 0 aliphatic rings. The topological polar surface area (TPSA) is 63.1 Å². The number of benzene rings is 2. The van der Waals surface area contributed by atoms with Crippen LogP contribution in [0.4, 0.5) is 5.69 Å². The van der Waals surface area contributed by atoms with Crippen LogP contribution < -0.4 is 5.32 Å². The van der Waals surface area contributed by atoms with Crippen molar-refractivity contribution in [3.8, 4) is 5.69 Å². The van der Waals surface area contributed by atoms with Gasteiger partial charge in [0.1, 0.15) is 12.7 Å². The van der Waals surface area contributed by atoms with Crippen molar-refractivity contribution in [3.63, 3.8) is 0 Å². The minimum Gasteiger partial charge on any atom is -0.325 e. The summed E-state index contributed by atoms with van der Waals surface area (Å²) >= 11 is 0. The molecule has 3 rings (SSSR count). The molecule has 0 saturated heterocycles. The molecule has 26 heavy (non-hydrogen) atoms. The number of aromatic nitrogens is 3. The summed E-state index contributed by atoms with van der Waals surface area (Å²) in [6.07, 6.45) is 3.18. The van der Waals surface area contributed by atoms with Crippen molar-refractivity contribution in [2.45, 2.75) is 19.9 Å². The van der Waals surface area contributed by atoms with Crippen LogP contribution in [0.25, 0.3) is 5.69 Å². The van der Waals surface area contributed by atoms with E-state index in [1.54, 1.807) is 11.0 Å². The van der Waals surface area contributed by atoms with E-state index < -0.39 is 0 Å². The van der Waals surface area contributed by atoms with Crippen molar-refractivity contribution in [2.75, 3.05) is 18.9 Å². The fourth-order valence-electron chi connectivity index (χ4n) is 2.70. The zero-order valence-corrected chi connectivity index (χ0v) is 15.3. The zero-order chi connectivity index (χ0) is 18.5. The highest BCUT2D eigenvalue weighted by atomic mass is 16.2. The van der Waals surface area contributed by atoms with Gasteiger partial charge in [-0.15, -0.1) is 0 Å². The largest absolute Gasteiger partial charge is 0.325 e. The molecule has 1 heterocycles. The molecule has 1 atom stereocenters. The van der Waals surface area contributed by atoms with Gasteiger partial charge in [0.2, 0.25) is 5.91 Å². The molecule has 0 aliphatic heterocycles. The summed E-state index contributed by atoms with van der Waals surface area (Å²) in [7, 11) is 1.95. The Morgan fingerprint density at radius 1 is 1.15 bits per heavy atom. The van der Waals surface area contributed by atoms with Gasteiger partial charge >= 0.3 is 0 Å². The van der Waals surface area contributed by atoms with Gasteiger partial charge < -0.3 is 5.32 Å². The lowest BCUT2D eigenvalue weighted by molar-refractivity contribution is -0.117. The molecule has 6 nitrogen and oxygen atoms in total. The lowest BCUT2D eigenvalue weighted by atomic mass is 10.1. The molecule has 0 fully saturated rings. The Morgan fingerprint density at radius 2 is 1.85 bits per heavy atom. The van der Waals surface area contributed by atoms with E-state index in [1.807, 2.05) is 55.3 Å². The standard InChI is InChI=1S/C20H23N5O/c1-15-4-8-18(9-5-15)23-20(26)12-24(3)16(2)17-6-10-19(11-7-17)25-14-21-13-22-25/h4-11,13-14,16H,12H2,1-3H3,(H,23,26). The van der Waals surface area contributed by atoms with E-state index in [0.29, 0.717) is 6.54 Å². The summed E-state index contributed by atoms with van der Waals surface area (Å²) in [6.45, 7) is 4.43. The number of nitrogens with one attached hydrogen (secondary N) is 1. The smallest absolute Gasteiger partial charge is 0.238 e. The summed E-state index contributed by atoms with van der Waals surface area (Å²) in [6, 6.07) is 16.0. The molecule has 1 unspecified atom stereocenters. The van der Waals surface area contributed by atoms with Gasteiger partial charge in [-0.1, -0.05) is 29.8 Å². The normalized spacial score (nSPS) is 12.2. The predicted molar refractivity (Wildman–Crippen MR) is 102 cm³/mol. The lowest BCUT2D eigenvalue weighted by Crippen LogP contribution is -2.32. The summed E-state index contributed by atoms with van der Waals surface area (Å²) < 4.78 is 1.72. The molecular weight excluding hydrogens is 326 g/mol. The Kier molecular flexibility index (Phi) is 5.43. The summed E-state index contributed by atoms with van der Waals surface area (Å²) in [5.41, 5.74) is 4.08. The molecule has 6 heteroatoms. The average molecular weight is 349 g/mol. The van der Waals surface area contributed by atoms with Crippen LogP contribution in [0.5, 0.6) is 0 Å². The van der Waals surface area contributed by atoms with Crippen LogP contribution >= 0.6 is 0 Å². The van der Waals surface area contributed by atoms with E-state index in [9.17, 15) is 4.79 Å². The molecule has 134 valence electrons. The van der Waals surface area contributed by atoms with Gasteiger partial charge in [-0.05, 0) is 50.7 Å². The molecule has 1 amide bonds. The monoisotopic (exact) mass is 349 g/mol. The van der Waals surface area contributed by atoms with E-state index in [0.717, 1.165) is 16.9 Å². The Balaban J connectivity index is 1.59. The lowest BCUT2D eigenvalue weighted by Gasteiger charge is -2.24. The van der Waals surface area contributed by atoms with Crippen molar-refractivity contribution in [1.29, 1.82) is 0 Å². The Hall–Kier alpha value is -2.99. The van der Waals surface area contributed by atoms with Crippen LogP contribution in [-0.2, 0) is 4.79 Å². The third-order valence-corrected chi connectivity index (χ3v) is 4.45. The predicted octanol–water partition coefficient (Wildman–Crippen LogP) is 3.21. The highest BCUT2D eigenvalue weighted by Crippen LogP contribution is 2.20. The Bertz CT molecular complexity index is 841. The van der Waals surface area contributed by atoms with E-state index in [-0.39, 0.29) is 11.9 Å². The van der Waals surface area contributed by atoms with Crippen LogP contribution in [-0.4, -0.2) is 39.2 Å². The van der Waals surface area contributed by atoms with Gasteiger partial charge in [0.15, 0.2) is 0 Å². The number of hydrogen-bond acceptors (Lipinski definition) is 4. The number of rotatable bonds is 6. The highest BCUT2D eigenvalue weighted by Gasteiger charge is 2.15. The van der Waals surface area contributed by atoms with E-state index in [1.165, 1.54) is 11.9 Å². The molecule has 2 aromatic carbocycles. The summed E-state index contributed by atoms with van der Waals surface area (Å²) in [5, 5.41) is 7.06.